The lowest BCUT2D eigenvalue weighted by atomic mass is 10.1. The molecule has 1 atom stereocenters. The Kier molecular flexibility index (Phi) is 6.74. The second kappa shape index (κ2) is 10.1. The summed E-state index contributed by atoms with van der Waals surface area (Å²) in [6, 6.07) is 5.00. The summed E-state index contributed by atoms with van der Waals surface area (Å²) < 4.78 is 12.1. The number of carboxylic acid groups (broad SMARTS) is 1. The van der Waals surface area contributed by atoms with Crippen molar-refractivity contribution in [1.29, 1.82) is 0 Å². The molecule has 13 heteroatoms. The first-order valence-electron chi connectivity index (χ1n) is 11.7. The Balaban J connectivity index is 1.59. The summed E-state index contributed by atoms with van der Waals surface area (Å²) >= 11 is 1.42. The first-order valence-corrected chi connectivity index (χ1v) is 12.5. The van der Waals surface area contributed by atoms with Crippen molar-refractivity contribution in [3.8, 4) is 16.5 Å². The van der Waals surface area contributed by atoms with Gasteiger partial charge in [-0.2, -0.15) is 9.97 Å². The first kappa shape index (κ1) is 24.0. The van der Waals surface area contributed by atoms with E-state index in [1.807, 2.05) is 11.0 Å². The van der Waals surface area contributed by atoms with Crippen molar-refractivity contribution in [2.45, 2.75) is 18.9 Å². The molecule has 2 aliphatic rings. The minimum atomic E-state index is -0.938. The van der Waals surface area contributed by atoms with E-state index in [2.05, 4.69) is 10.3 Å². The summed E-state index contributed by atoms with van der Waals surface area (Å²) in [5, 5.41) is 13.6. The fourth-order valence-corrected chi connectivity index (χ4v) is 5.41. The van der Waals surface area contributed by atoms with Crippen LogP contribution < -0.4 is 20.7 Å². The highest BCUT2D eigenvalue weighted by Crippen LogP contribution is 2.41. The highest BCUT2D eigenvalue weighted by molar-refractivity contribution is 7.21. The Morgan fingerprint density at radius 1 is 1.22 bits per heavy atom. The number of nitrogens with two attached hydrogens (primary N) is 1. The number of ether oxygens (including phenoxy) is 2. The smallest absolute Gasteiger partial charge is 0.407 e. The van der Waals surface area contributed by atoms with E-state index in [4.69, 9.17) is 25.2 Å². The largest absolute Gasteiger partial charge is 0.480 e. The fourth-order valence-electron chi connectivity index (χ4n) is 4.43. The second-order valence-corrected chi connectivity index (χ2v) is 9.66. The van der Waals surface area contributed by atoms with Gasteiger partial charge in [0.25, 0.3) is 0 Å². The van der Waals surface area contributed by atoms with Crippen LogP contribution in [0.25, 0.3) is 20.8 Å². The number of methoxy groups -OCH3 is 1. The van der Waals surface area contributed by atoms with E-state index < -0.39 is 12.0 Å². The Morgan fingerprint density at radius 2 is 2.03 bits per heavy atom. The quantitative estimate of drug-likeness (QED) is 0.447. The number of piperidine rings is 1. The summed E-state index contributed by atoms with van der Waals surface area (Å²) in [6.07, 6.45) is 0.603. The molecule has 190 valence electrons. The molecule has 0 saturated carbocycles. The number of aromatic nitrogens is 3. The number of likely N-dealkylation sites (tertiary alicyclic amines) is 1. The molecule has 2 aromatic heterocycles. The van der Waals surface area contributed by atoms with Gasteiger partial charge in [0.2, 0.25) is 17.7 Å². The second-order valence-electron chi connectivity index (χ2n) is 8.63. The summed E-state index contributed by atoms with van der Waals surface area (Å²) in [5.41, 5.74) is 7.04. The monoisotopic (exact) mass is 513 g/mol. The molecule has 0 aliphatic carbocycles. The molecule has 4 N–H and O–H groups in total. The summed E-state index contributed by atoms with van der Waals surface area (Å²) in [5.74, 6) is 0.859. The predicted molar refractivity (Wildman–Crippen MR) is 135 cm³/mol. The Hall–Kier alpha value is -3.71. The number of morpholine rings is 1. The molecule has 2 amide bonds. The van der Waals surface area contributed by atoms with Gasteiger partial charge in [0.1, 0.15) is 16.4 Å². The first-order chi connectivity index (χ1) is 17.4. The maximum Gasteiger partial charge on any atom is 0.407 e. The van der Waals surface area contributed by atoms with E-state index in [0.717, 1.165) is 17.5 Å². The molecule has 2 saturated heterocycles. The van der Waals surface area contributed by atoms with E-state index in [-0.39, 0.29) is 6.04 Å². The van der Waals surface area contributed by atoms with Crippen molar-refractivity contribution in [2.75, 3.05) is 56.7 Å². The van der Waals surface area contributed by atoms with Crippen LogP contribution in [0.5, 0.6) is 5.88 Å². The van der Waals surface area contributed by atoms with E-state index in [1.54, 1.807) is 19.2 Å². The molecule has 0 unspecified atom stereocenters. The number of rotatable bonds is 6. The van der Waals surface area contributed by atoms with Crippen LogP contribution in [-0.4, -0.2) is 89.5 Å². The molecule has 36 heavy (non-hydrogen) atoms. The number of anilines is 2. The van der Waals surface area contributed by atoms with Crippen LogP contribution in [0, 0.1) is 0 Å². The van der Waals surface area contributed by atoms with Crippen LogP contribution in [0.15, 0.2) is 18.2 Å². The molecule has 2 aliphatic heterocycles. The van der Waals surface area contributed by atoms with Crippen LogP contribution in [0.2, 0.25) is 0 Å². The predicted octanol–water partition coefficient (Wildman–Crippen LogP) is 2.25. The van der Waals surface area contributed by atoms with Crippen molar-refractivity contribution in [3.05, 3.63) is 23.8 Å². The lowest BCUT2D eigenvalue weighted by molar-refractivity contribution is 0.1000. The Morgan fingerprint density at radius 3 is 2.75 bits per heavy atom. The van der Waals surface area contributed by atoms with Crippen molar-refractivity contribution < 1.29 is 24.2 Å². The molecular formula is C23H27N7O5S. The Bertz CT molecular complexity index is 1290. The molecule has 2 fully saturated rings. The number of hydrogen-bond acceptors (Lipinski definition) is 10. The molecule has 5 rings (SSSR count). The van der Waals surface area contributed by atoms with Gasteiger partial charge in [0.15, 0.2) is 0 Å². The third-order valence-electron chi connectivity index (χ3n) is 6.27. The molecule has 4 heterocycles. The summed E-state index contributed by atoms with van der Waals surface area (Å²) in [7, 11) is 1.55. The van der Waals surface area contributed by atoms with Gasteiger partial charge in [-0.05, 0) is 31.0 Å². The van der Waals surface area contributed by atoms with Gasteiger partial charge < -0.3 is 35.4 Å². The van der Waals surface area contributed by atoms with E-state index in [1.165, 1.54) is 16.2 Å². The van der Waals surface area contributed by atoms with Gasteiger partial charge in [-0.25, -0.2) is 9.78 Å². The molecule has 0 radical (unpaired) electrons. The number of carbonyl (C=O) groups excluding carboxylic acids is 1. The average Bonchev–Trinajstić information content (AvgIpc) is 3.31. The van der Waals surface area contributed by atoms with Gasteiger partial charge in [0, 0.05) is 37.8 Å². The van der Waals surface area contributed by atoms with Crippen LogP contribution in [0.4, 0.5) is 16.6 Å². The number of benzene rings is 1. The lowest BCUT2D eigenvalue weighted by Gasteiger charge is -2.32. The highest BCUT2D eigenvalue weighted by Gasteiger charge is 2.28. The molecule has 1 aromatic carbocycles. The number of carbonyl (C=O) groups is 2. The van der Waals surface area contributed by atoms with Crippen LogP contribution >= 0.6 is 11.3 Å². The third kappa shape index (κ3) is 4.84. The number of primary amides is 1. The lowest BCUT2D eigenvalue weighted by Crippen LogP contribution is -2.44. The van der Waals surface area contributed by atoms with Gasteiger partial charge in [-0.3, -0.25) is 4.79 Å². The van der Waals surface area contributed by atoms with Crippen molar-refractivity contribution >= 4 is 45.3 Å². The molecular weight excluding hydrogens is 486 g/mol. The number of fused-ring (bicyclic) bond motifs is 1. The zero-order valence-corrected chi connectivity index (χ0v) is 20.6. The maximum atomic E-state index is 11.6. The van der Waals surface area contributed by atoms with Crippen molar-refractivity contribution in [1.82, 2.24) is 19.9 Å². The van der Waals surface area contributed by atoms with E-state index in [0.29, 0.717) is 78.7 Å². The fraction of sp³-hybridized carbons (Fsp3) is 0.435. The molecule has 0 spiro atoms. The van der Waals surface area contributed by atoms with Crippen LogP contribution in [0.3, 0.4) is 0 Å². The average molecular weight is 514 g/mol. The Labute approximate surface area is 211 Å². The summed E-state index contributed by atoms with van der Waals surface area (Å²) in [6.45, 7) is 3.30. The minimum absolute atomic E-state index is 0.137. The number of nitrogens with one attached hydrogen (secondary N) is 1. The SMILES string of the molecule is COc1nc(N2CCOCC2)nc(N[C@@H]2CCCN(C(=O)O)C2)c1-c1nc2cc(C(N)=O)ccc2s1. The van der Waals surface area contributed by atoms with Crippen LogP contribution in [0.1, 0.15) is 23.2 Å². The van der Waals surface area contributed by atoms with Gasteiger partial charge >= 0.3 is 6.09 Å². The van der Waals surface area contributed by atoms with Crippen molar-refractivity contribution in [3.63, 3.8) is 0 Å². The third-order valence-corrected chi connectivity index (χ3v) is 7.32. The molecule has 0 bridgehead atoms. The van der Waals surface area contributed by atoms with E-state index >= 15 is 0 Å². The normalized spacial score (nSPS) is 18.3. The van der Waals surface area contributed by atoms with Crippen molar-refractivity contribution in [2.24, 2.45) is 5.73 Å². The number of thiazole rings is 1. The number of hydrogen-bond donors (Lipinski definition) is 3. The van der Waals surface area contributed by atoms with Gasteiger partial charge in [-0.1, -0.05) is 0 Å². The van der Waals surface area contributed by atoms with Crippen LogP contribution in [-0.2, 0) is 4.74 Å². The van der Waals surface area contributed by atoms with Gasteiger partial charge in [-0.15, -0.1) is 11.3 Å². The number of nitrogens with zero attached hydrogens (tertiary/aromatic N) is 5. The maximum absolute atomic E-state index is 11.6. The zero-order chi connectivity index (χ0) is 25.2. The van der Waals surface area contributed by atoms with Gasteiger partial charge in [0.05, 0.1) is 30.5 Å². The number of amides is 2. The molecule has 3 aromatic rings. The standard InChI is InChI=1S/C23H27N7O5S/c1-34-20-17(21-26-15-11-13(18(24)31)4-5-16(15)36-21)19(25-14-3-2-6-30(12-14)23(32)33)27-22(28-20)29-7-9-35-10-8-29/h4-5,11,14H,2-3,6-10,12H2,1H3,(H2,24,31)(H,32,33)(H,25,27,28)/t14-/m1/s1. The summed E-state index contributed by atoms with van der Waals surface area (Å²) in [4.78, 5) is 40.9. The molecule has 12 nitrogen and oxygen atoms in total. The highest BCUT2D eigenvalue weighted by atomic mass is 32.1. The topological polar surface area (TPSA) is 156 Å². The minimum Gasteiger partial charge on any atom is -0.480 e. The zero-order valence-electron chi connectivity index (χ0n) is 19.8. The van der Waals surface area contributed by atoms with E-state index in [9.17, 15) is 14.7 Å².